The van der Waals surface area contributed by atoms with Gasteiger partial charge >= 0.3 is 6.11 Å². The molecular weight excluding hydrogens is 575 g/mol. The number of ether oxygens (including phenoxy) is 2. The molecule has 2 nitrogen and oxygen atoms in total. The van der Waals surface area contributed by atoms with Crippen LogP contribution in [0.3, 0.4) is 0 Å². The molecule has 0 saturated carbocycles. The second-order valence-corrected chi connectivity index (χ2v) is 10.5. The van der Waals surface area contributed by atoms with Gasteiger partial charge in [0.25, 0.3) is 0 Å². The monoisotopic (exact) mass is 604 g/mol. The van der Waals surface area contributed by atoms with Crippen molar-refractivity contribution in [2.24, 2.45) is 5.92 Å². The molecule has 3 aromatic carbocycles. The van der Waals surface area contributed by atoms with Crippen molar-refractivity contribution in [3.63, 3.8) is 0 Å². The molecule has 228 valence electrons. The lowest BCUT2D eigenvalue weighted by Crippen LogP contribution is -2.26. The molecule has 0 bridgehead atoms. The molecule has 1 fully saturated rings. The summed E-state index contributed by atoms with van der Waals surface area (Å²) in [5.41, 5.74) is -3.22. The third-order valence-electron chi connectivity index (χ3n) is 7.36. The van der Waals surface area contributed by atoms with Gasteiger partial charge in [-0.05, 0) is 73.4 Å². The topological polar surface area (TPSA) is 18.5 Å². The molecule has 11 heteroatoms. The lowest BCUT2D eigenvalue weighted by Gasteiger charge is -2.29. The average Bonchev–Trinajstić information content (AvgIpc) is 2.90. The quantitative estimate of drug-likeness (QED) is 0.123. The van der Waals surface area contributed by atoms with Crippen molar-refractivity contribution in [1.82, 2.24) is 0 Å². The molecule has 0 aromatic heterocycles. The van der Waals surface area contributed by atoms with Crippen molar-refractivity contribution in [2.45, 2.75) is 70.5 Å². The van der Waals surface area contributed by atoms with Crippen LogP contribution in [0, 0.1) is 46.6 Å². The average molecular weight is 605 g/mol. The minimum Gasteiger partial charge on any atom is -0.429 e. The summed E-state index contributed by atoms with van der Waals surface area (Å²) in [6, 6.07) is 2.72. The maximum atomic E-state index is 15.0. The highest BCUT2D eigenvalue weighted by molar-refractivity contribution is 5.66. The predicted octanol–water partition coefficient (Wildman–Crippen LogP) is 9.76. The van der Waals surface area contributed by atoms with Gasteiger partial charge < -0.3 is 9.47 Å². The highest BCUT2D eigenvalue weighted by Gasteiger charge is 2.42. The van der Waals surface area contributed by atoms with E-state index in [0.717, 1.165) is 44.2 Å². The maximum absolute atomic E-state index is 15.0. The molecule has 3 aromatic rings. The Kier molecular flexibility index (Phi) is 10.1. The van der Waals surface area contributed by atoms with Crippen LogP contribution >= 0.6 is 0 Å². The molecule has 1 aliphatic rings. The molecule has 1 aliphatic heterocycles. The first-order valence-electron chi connectivity index (χ1n) is 13.7. The zero-order valence-electron chi connectivity index (χ0n) is 22.7. The van der Waals surface area contributed by atoms with Gasteiger partial charge in [0.2, 0.25) is 0 Å². The molecule has 0 aliphatic carbocycles. The van der Waals surface area contributed by atoms with Gasteiger partial charge in [-0.3, -0.25) is 0 Å². The fourth-order valence-electron chi connectivity index (χ4n) is 5.16. The molecule has 0 amide bonds. The Morgan fingerprint density at radius 3 is 1.93 bits per heavy atom. The molecule has 42 heavy (non-hydrogen) atoms. The van der Waals surface area contributed by atoms with Crippen LogP contribution in [0.25, 0.3) is 11.1 Å². The summed E-state index contributed by atoms with van der Waals surface area (Å²) in [7, 11) is 0. The van der Waals surface area contributed by atoms with Crippen LogP contribution in [0.15, 0.2) is 36.4 Å². The van der Waals surface area contributed by atoms with Gasteiger partial charge in [0.05, 0.1) is 11.7 Å². The Morgan fingerprint density at radius 2 is 1.38 bits per heavy atom. The van der Waals surface area contributed by atoms with Crippen LogP contribution < -0.4 is 4.74 Å². The van der Waals surface area contributed by atoms with Crippen LogP contribution in [0.5, 0.6) is 5.75 Å². The summed E-state index contributed by atoms with van der Waals surface area (Å²) >= 11 is 0. The summed E-state index contributed by atoms with van der Waals surface area (Å²) in [4.78, 5) is 0. The van der Waals surface area contributed by atoms with E-state index in [0.29, 0.717) is 24.5 Å². The van der Waals surface area contributed by atoms with Gasteiger partial charge in [-0.2, -0.15) is 8.78 Å². The summed E-state index contributed by atoms with van der Waals surface area (Å²) in [5, 5.41) is 0. The standard InChI is InChI=1S/C31H29F9O2/c1-2-3-4-5-17-6-8-20(41-16-17)9-7-18-10-22(32)28(23(33)11-18)19-12-24(34)29(25(35)13-19)31(39,40)42-21-14-26(36)30(38)27(37)15-21/h10-15,17,20H,2-9,16H2,1H3. The van der Waals surface area contributed by atoms with Crippen molar-refractivity contribution in [3.8, 4) is 16.9 Å². The fraction of sp³-hybridized carbons (Fsp3) is 0.419. The van der Waals surface area contributed by atoms with Crippen molar-refractivity contribution in [3.05, 3.63) is 88.2 Å². The van der Waals surface area contributed by atoms with Crippen LogP contribution in [0.1, 0.15) is 63.0 Å². The van der Waals surface area contributed by atoms with E-state index in [2.05, 4.69) is 11.7 Å². The molecule has 0 N–H and O–H groups in total. The number of hydrogen-bond donors (Lipinski definition) is 0. The Labute approximate surface area is 237 Å². The highest BCUT2D eigenvalue weighted by Crippen LogP contribution is 2.39. The second-order valence-electron chi connectivity index (χ2n) is 10.5. The molecule has 0 radical (unpaired) electrons. The minimum absolute atomic E-state index is 0.0549. The van der Waals surface area contributed by atoms with Crippen LogP contribution in [-0.2, 0) is 17.3 Å². The number of unbranched alkanes of at least 4 members (excludes halogenated alkanes) is 2. The number of hydrogen-bond acceptors (Lipinski definition) is 2. The van der Waals surface area contributed by atoms with E-state index in [9.17, 15) is 39.5 Å². The molecule has 1 saturated heterocycles. The van der Waals surface area contributed by atoms with Crippen molar-refractivity contribution < 1.29 is 49.0 Å². The molecular formula is C31H29F9O2. The first kappa shape index (κ1) is 31.7. The zero-order valence-corrected chi connectivity index (χ0v) is 22.7. The molecule has 2 atom stereocenters. The summed E-state index contributed by atoms with van der Waals surface area (Å²) < 4.78 is 138. The third-order valence-corrected chi connectivity index (χ3v) is 7.36. The first-order valence-corrected chi connectivity index (χ1v) is 13.7. The van der Waals surface area contributed by atoms with E-state index in [1.165, 1.54) is 6.42 Å². The van der Waals surface area contributed by atoms with E-state index < -0.39 is 69.3 Å². The number of aryl methyl sites for hydroxylation is 1. The van der Waals surface area contributed by atoms with Crippen LogP contribution in [0.4, 0.5) is 39.5 Å². The Hall–Kier alpha value is -3.21. The van der Waals surface area contributed by atoms with E-state index in [1.807, 2.05) is 0 Å². The van der Waals surface area contributed by atoms with Crippen molar-refractivity contribution in [1.29, 1.82) is 0 Å². The van der Waals surface area contributed by atoms with Gasteiger partial charge in [-0.15, -0.1) is 0 Å². The van der Waals surface area contributed by atoms with Gasteiger partial charge in [0.1, 0.15) is 34.6 Å². The Balaban J connectivity index is 1.46. The molecule has 1 heterocycles. The summed E-state index contributed by atoms with van der Waals surface area (Å²) in [5.74, 6) is -12.6. The van der Waals surface area contributed by atoms with E-state index in [-0.39, 0.29) is 36.8 Å². The zero-order chi connectivity index (χ0) is 30.6. The minimum atomic E-state index is -4.83. The highest BCUT2D eigenvalue weighted by atomic mass is 19.3. The van der Waals surface area contributed by atoms with Crippen molar-refractivity contribution in [2.75, 3.05) is 6.61 Å². The van der Waals surface area contributed by atoms with E-state index in [1.54, 1.807) is 0 Å². The van der Waals surface area contributed by atoms with Crippen LogP contribution in [0.2, 0.25) is 0 Å². The second kappa shape index (κ2) is 13.4. The largest absolute Gasteiger partial charge is 0.432 e. The molecule has 2 unspecified atom stereocenters. The summed E-state index contributed by atoms with van der Waals surface area (Å²) in [6.45, 7) is 2.79. The number of halogens is 9. The van der Waals surface area contributed by atoms with Gasteiger partial charge in [0, 0.05) is 18.7 Å². The first-order chi connectivity index (χ1) is 19.9. The Morgan fingerprint density at radius 1 is 0.762 bits per heavy atom. The van der Waals surface area contributed by atoms with Gasteiger partial charge in [0.15, 0.2) is 17.5 Å². The lowest BCUT2D eigenvalue weighted by molar-refractivity contribution is -0.189. The third kappa shape index (κ3) is 7.40. The smallest absolute Gasteiger partial charge is 0.429 e. The molecule has 4 rings (SSSR count). The SMILES string of the molecule is CCCCCC1CCC(CCc2cc(F)c(-c3cc(F)c(C(F)(F)Oc4cc(F)c(F)c(F)c4)c(F)c3)c(F)c2)OC1. The summed E-state index contributed by atoms with van der Waals surface area (Å²) in [6.07, 6.45) is 2.37. The van der Waals surface area contributed by atoms with Gasteiger partial charge in [-0.25, -0.2) is 30.7 Å². The predicted molar refractivity (Wildman–Crippen MR) is 137 cm³/mol. The van der Waals surface area contributed by atoms with Crippen LogP contribution in [-0.4, -0.2) is 12.7 Å². The van der Waals surface area contributed by atoms with E-state index >= 15 is 0 Å². The van der Waals surface area contributed by atoms with E-state index in [4.69, 9.17) is 4.74 Å². The normalized spacial score (nSPS) is 17.5. The number of rotatable bonds is 11. The number of alkyl halides is 2. The fourth-order valence-corrected chi connectivity index (χ4v) is 5.16. The Bertz CT molecular complexity index is 1330. The van der Waals surface area contributed by atoms with Crippen molar-refractivity contribution >= 4 is 0 Å². The lowest BCUT2D eigenvalue weighted by atomic mass is 9.91. The molecule has 0 spiro atoms. The van der Waals surface area contributed by atoms with Gasteiger partial charge in [-0.1, -0.05) is 26.2 Å². The maximum Gasteiger partial charge on any atom is 0.432 e. The number of benzene rings is 3.